The molecule has 20 heavy (non-hydrogen) atoms. The third-order valence-electron chi connectivity index (χ3n) is 1.32. The van der Waals surface area contributed by atoms with Crippen LogP contribution in [0.25, 0.3) is 0 Å². The highest BCUT2D eigenvalue weighted by Gasteiger charge is 2.29. The van der Waals surface area contributed by atoms with Crippen molar-refractivity contribution in [2.45, 2.75) is 0 Å². The van der Waals surface area contributed by atoms with E-state index in [-0.39, 0.29) is 6.54 Å². The lowest BCUT2D eigenvalue weighted by Crippen LogP contribution is -2.30. The van der Waals surface area contributed by atoms with E-state index in [0.29, 0.717) is 4.90 Å². The Kier molecular flexibility index (Phi) is 11.5. The number of nitrogens with zero attached hydrogens (tertiary/aromatic N) is 1. The van der Waals surface area contributed by atoms with E-state index >= 15 is 0 Å². The normalized spacial score (nSPS) is 11.6. The van der Waals surface area contributed by atoms with Gasteiger partial charge in [-0.1, -0.05) is 0 Å². The number of carboxylic acid groups (broad SMARTS) is 2. The lowest BCUT2D eigenvalue weighted by Gasteiger charge is -2.14. The first-order valence-corrected chi connectivity index (χ1v) is 7.84. The first-order chi connectivity index (χ1) is 9.01. The largest absolute Gasteiger partial charge is 0.555 e. The minimum absolute atomic E-state index is 0.278. The summed E-state index contributed by atoms with van der Waals surface area (Å²) in [5.74, 6) is -2.31. The molecule has 0 radical (unpaired) electrons. The number of aliphatic carboxylic acids is 2. The molecule has 0 fully saturated rings. The maximum Gasteiger partial charge on any atom is 0.555 e. The predicted molar refractivity (Wildman–Crippen MR) is 64.1 cm³/mol. The van der Waals surface area contributed by atoms with E-state index in [1.54, 1.807) is 0 Å². The number of hydrogen-bond donors (Lipinski definition) is 6. The van der Waals surface area contributed by atoms with Crippen LogP contribution in [-0.2, 0) is 23.4 Å². The summed E-state index contributed by atoms with van der Waals surface area (Å²) in [5, 5.41) is 23.9. The Labute approximate surface area is 113 Å². The Morgan fingerprint density at radius 3 is 1.95 bits per heavy atom. The summed E-state index contributed by atoms with van der Waals surface area (Å²) in [5.41, 5.74) is 4.57. The van der Waals surface area contributed by atoms with Gasteiger partial charge in [-0.25, -0.2) is 10.2 Å². The van der Waals surface area contributed by atoms with Gasteiger partial charge < -0.3 is 25.7 Å². The van der Waals surface area contributed by atoms with Crippen LogP contribution in [0.3, 0.4) is 0 Å². The second-order valence-electron chi connectivity index (χ2n) is 3.18. The van der Waals surface area contributed by atoms with Gasteiger partial charge in [-0.15, -0.1) is 0 Å². The summed E-state index contributed by atoms with van der Waals surface area (Å²) >= 11 is 0. The van der Waals surface area contributed by atoms with Gasteiger partial charge in [0, 0.05) is 4.67 Å². The molecule has 0 bridgehead atoms. The second kappa shape index (κ2) is 10.8. The van der Waals surface area contributed by atoms with Crippen molar-refractivity contribution in [2.24, 2.45) is 5.73 Å². The Hall–Kier alpha value is -0.970. The molecule has 118 valence electrons. The van der Waals surface area contributed by atoms with Gasteiger partial charge in [-0.2, -0.15) is 0 Å². The van der Waals surface area contributed by atoms with Crippen LogP contribution >= 0.6 is 15.6 Å². The van der Waals surface area contributed by atoms with Crippen molar-refractivity contribution < 1.29 is 48.7 Å². The summed E-state index contributed by atoms with van der Waals surface area (Å²) in [6.07, 6.45) is -1.45. The first-order valence-electron chi connectivity index (χ1n) is 4.68. The molecule has 0 saturated heterocycles. The van der Waals surface area contributed by atoms with E-state index in [0.717, 1.165) is 0 Å². The number of hydrogen-bond acceptors (Lipinski definition) is 8. The molecule has 14 heteroatoms. The van der Waals surface area contributed by atoms with Crippen molar-refractivity contribution in [1.82, 2.24) is 4.90 Å². The average molecular weight is 337 g/mol. The van der Waals surface area contributed by atoms with E-state index in [9.17, 15) is 18.7 Å². The predicted octanol–water partition coefficient (Wildman–Crippen LogP) is -1.27. The number of carbonyl (C=O) groups is 2. The minimum atomic E-state index is -4.45. The summed E-state index contributed by atoms with van der Waals surface area (Å²) in [7, 11) is -7.02. The second-order valence-corrected chi connectivity index (χ2v) is 5.91. The highest BCUT2D eigenvalue weighted by molar-refractivity contribution is 7.51. The van der Waals surface area contributed by atoms with Crippen LogP contribution in [-0.4, -0.2) is 67.8 Å². The maximum absolute atomic E-state index is 10.7. The molecular weight excluding hydrogens is 322 g/mol. The van der Waals surface area contributed by atoms with Crippen LogP contribution in [0.5, 0.6) is 0 Å². The number of carboxylic acids is 2. The van der Waals surface area contributed by atoms with Crippen LogP contribution in [0.2, 0.25) is 0 Å². The molecule has 0 aromatic heterocycles. The molecule has 1 atom stereocenters. The van der Waals surface area contributed by atoms with Gasteiger partial charge in [0.15, 0.2) is 0 Å². The summed E-state index contributed by atoms with van der Waals surface area (Å²) < 4.78 is 24.6. The first kappa shape index (κ1) is 21.3. The standard InChI is InChI=1S/C4H9NO8P2.C2H5NO2/c6-4(7)1-5(2-14(9)13-8)3-15(10,11)12;3-1-2(4)5/h1-3H2,(H3-,6,7,8,10,11,12);1,3H2,(H,4,5)/p+1. The van der Waals surface area contributed by atoms with Crippen molar-refractivity contribution in [1.29, 1.82) is 0 Å². The SMILES string of the molecule is NCC(=O)O.O=C(O)CN(C[P+](=O)OO)CP(=O)(O)O. The van der Waals surface area contributed by atoms with Crippen molar-refractivity contribution in [3.05, 3.63) is 0 Å². The zero-order chi connectivity index (χ0) is 16.3. The number of rotatable bonds is 8. The van der Waals surface area contributed by atoms with Crippen molar-refractivity contribution >= 4 is 27.6 Å². The van der Waals surface area contributed by atoms with E-state index in [4.69, 9.17) is 25.3 Å². The van der Waals surface area contributed by atoms with Gasteiger partial charge in [0.2, 0.25) is 6.29 Å². The molecule has 0 aromatic rings. The smallest absolute Gasteiger partial charge is 0.480 e. The minimum Gasteiger partial charge on any atom is -0.480 e. The topological polar surface area (TPSA) is 208 Å². The van der Waals surface area contributed by atoms with Crippen LogP contribution in [0, 0.1) is 0 Å². The molecule has 0 rings (SSSR count). The van der Waals surface area contributed by atoms with E-state index in [1.165, 1.54) is 0 Å². The molecule has 0 amide bonds. The van der Waals surface area contributed by atoms with Gasteiger partial charge in [-0.3, -0.25) is 14.2 Å². The van der Waals surface area contributed by atoms with Gasteiger partial charge in [0.05, 0.1) is 6.54 Å². The fourth-order valence-electron chi connectivity index (χ4n) is 0.786. The van der Waals surface area contributed by atoms with Gasteiger partial charge >= 0.3 is 27.6 Å². The Bertz CT molecular complexity index is 382. The molecule has 0 spiro atoms. The summed E-state index contributed by atoms with van der Waals surface area (Å²) in [4.78, 5) is 37.4. The highest BCUT2D eigenvalue weighted by atomic mass is 31.2. The summed E-state index contributed by atoms with van der Waals surface area (Å²) in [6, 6.07) is 0. The molecule has 0 heterocycles. The third-order valence-corrected chi connectivity index (χ3v) is 2.91. The molecule has 0 aliphatic rings. The quantitative estimate of drug-likeness (QED) is 0.174. The highest BCUT2D eigenvalue weighted by Crippen LogP contribution is 2.36. The fourth-order valence-corrected chi connectivity index (χ4v) is 2.24. The lowest BCUT2D eigenvalue weighted by molar-refractivity contribution is -0.139. The van der Waals surface area contributed by atoms with E-state index < -0.39 is 46.7 Å². The molecule has 12 nitrogen and oxygen atoms in total. The Morgan fingerprint density at radius 2 is 1.70 bits per heavy atom. The Morgan fingerprint density at radius 1 is 1.25 bits per heavy atom. The molecule has 0 aromatic carbocycles. The van der Waals surface area contributed by atoms with Crippen LogP contribution in [0.1, 0.15) is 0 Å². The van der Waals surface area contributed by atoms with E-state index in [2.05, 4.69) is 10.4 Å². The lowest BCUT2D eigenvalue weighted by atomic mass is 10.6. The van der Waals surface area contributed by atoms with Crippen molar-refractivity contribution in [3.63, 3.8) is 0 Å². The average Bonchev–Trinajstić information content (AvgIpc) is 2.26. The van der Waals surface area contributed by atoms with Crippen molar-refractivity contribution in [2.75, 3.05) is 25.7 Å². The third kappa shape index (κ3) is 17.0. The zero-order valence-electron chi connectivity index (χ0n) is 10.0. The van der Waals surface area contributed by atoms with Crippen LogP contribution in [0.15, 0.2) is 0 Å². The molecule has 0 saturated carbocycles. The van der Waals surface area contributed by atoms with Crippen molar-refractivity contribution in [3.8, 4) is 0 Å². The van der Waals surface area contributed by atoms with Crippen LogP contribution < -0.4 is 5.73 Å². The molecule has 7 N–H and O–H groups in total. The van der Waals surface area contributed by atoms with Gasteiger partial charge in [0.25, 0.3) is 0 Å². The Balaban J connectivity index is 0. The monoisotopic (exact) mass is 337 g/mol. The molecule has 0 aliphatic carbocycles. The maximum atomic E-state index is 10.7. The summed E-state index contributed by atoms with van der Waals surface area (Å²) in [6.45, 7) is -0.991. The zero-order valence-corrected chi connectivity index (χ0v) is 11.8. The van der Waals surface area contributed by atoms with Crippen LogP contribution in [0.4, 0.5) is 0 Å². The van der Waals surface area contributed by atoms with Gasteiger partial charge in [-0.05, 0) is 4.57 Å². The molecule has 1 unspecified atom stereocenters. The van der Waals surface area contributed by atoms with Gasteiger partial charge in [0.1, 0.15) is 12.8 Å². The molecular formula is C6H15N2O10P2+. The molecule has 0 aliphatic heterocycles. The fraction of sp³-hybridized carbons (Fsp3) is 0.667. The number of nitrogens with two attached hydrogens (primary N) is 1. The van der Waals surface area contributed by atoms with E-state index in [1.807, 2.05) is 0 Å².